The molecule has 0 saturated heterocycles. The molecular weight excluding hydrogens is 450 g/mol. The number of anilines is 1. The predicted molar refractivity (Wildman–Crippen MR) is 126 cm³/mol. The lowest BCUT2D eigenvalue weighted by atomic mass is 10.0. The monoisotopic (exact) mass is 479 g/mol. The van der Waals surface area contributed by atoms with Crippen LogP contribution in [0.2, 0.25) is 0 Å². The molecule has 0 aliphatic heterocycles. The SMILES string of the molecule is COc1cc(OC)c(C=CS(=O)(=O)Cc2ccc(OC)c(NC(C)(C)C(=O)O)c2)c(OC)c1. The van der Waals surface area contributed by atoms with Crippen LogP contribution in [-0.2, 0) is 20.4 Å². The van der Waals surface area contributed by atoms with Gasteiger partial charge in [-0.3, -0.25) is 0 Å². The van der Waals surface area contributed by atoms with E-state index in [1.165, 1.54) is 48.4 Å². The number of sulfone groups is 1. The van der Waals surface area contributed by atoms with E-state index in [-0.39, 0.29) is 5.75 Å². The van der Waals surface area contributed by atoms with Crippen molar-refractivity contribution < 1.29 is 37.3 Å². The van der Waals surface area contributed by atoms with Gasteiger partial charge in [0.1, 0.15) is 28.5 Å². The van der Waals surface area contributed by atoms with E-state index in [4.69, 9.17) is 18.9 Å². The Hall–Kier alpha value is -3.40. The second-order valence-corrected chi connectivity index (χ2v) is 9.53. The Morgan fingerprint density at radius 3 is 2.03 bits per heavy atom. The lowest BCUT2D eigenvalue weighted by molar-refractivity contribution is -0.141. The lowest BCUT2D eigenvalue weighted by Gasteiger charge is -2.24. The summed E-state index contributed by atoms with van der Waals surface area (Å²) in [6.45, 7) is 2.99. The molecule has 0 radical (unpaired) electrons. The summed E-state index contributed by atoms with van der Waals surface area (Å²) in [6, 6.07) is 8.01. The number of benzene rings is 2. The average molecular weight is 480 g/mol. The van der Waals surface area contributed by atoms with E-state index < -0.39 is 21.3 Å². The minimum Gasteiger partial charge on any atom is -0.496 e. The van der Waals surface area contributed by atoms with Gasteiger partial charge in [0.2, 0.25) is 0 Å². The summed E-state index contributed by atoms with van der Waals surface area (Å²) >= 11 is 0. The van der Waals surface area contributed by atoms with Gasteiger partial charge in [-0.1, -0.05) is 6.07 Å². The second-order valence-electron chi connectivity index (χ2n) is 7.65. The molecule has 10 heteroatoms. The molecule has 0 fully saturated rings. The van der Waals surface area contributed by atoms with Crippen molar-refractivity contribution in [2.75, 3.05) is 33.8 Å². The molecule has 2 N–H and O–H groups in total. The van der Waals surface area contributed by atoms with Crippen molar-refractivity contribution in [2.45, 2.75) is 25.1 Å². The summed E-state index contributed by atoms with van der Waals surface area (Å²) in [5, 5.41) is 13.3. The highest BCUT2D eigenvalue weighted by Gasteiger charge is 2.28. The number of hydrogen-bond acceptors (Lipinski definition) is 8. The summed E-state index contributed by atoms with van der Waals surface area (Å²) in [7, 11) is 2.17. The molecule has 2 rings (SSSR count). The Morgan fingerprint density at radius 2 is 1.55 bits per heavy atom. The minimum absolute atomic E-state index is 0.309. The number of carbonyl (C=O) groups is 1. The number of ether oxygens (including phenoxy) is 4. The quantitative estimate of drug-likeness (QED) is 0.498. The van der Waals surface area contributed by atoms with Gasteiger partial charge in [-0.05, 0) is 37.6 Å². The van der Waals surface area contributed by atoms with Crippen LogP contribution in [0.25, 0.3) is 6.08 Å². The first-order valence-electron chi connectivity index (χ1n) is 9.85. The van der Waals surface area contributed by atoms with Crippen LogP contribution >= 0.6 is 0 Å². The molecule has 0 aliphatic carbocycles. The van der Waals surface area contributed by atoms with Crippen molar-refractivity contribution >= 4 is 27.6 Å². The second kappa shape index (κ2) is 10.5. The molecule has 9 nitrogen and oxygen atoms in total. The van der Waals surface area contributed by atoms with Crippen molar-refractivity contribution in [1.82, 2.24) is 0 Å². The van der Waals surface area contributed by atoms with Crippen molar-refractivity contribution in [2.24, 2.45) is 0 Å². The maximum atomic E-state index is 12.8. The first-order valence-corrected chi connectivity index (χ1v) is 11.6. The smallest absolute Gasteiger partial charge is 0.328 e. The van der Waals surface area contributed by atoms with Gasteiger partial charge in [0, 0.05) is 17.5 Å². The molecule has 0 spiro atoms. The van der Waals surface area contributed by atoms with Crippen LogP contribution in [0.1, 0.15) is 25.0 Å². The van der Waals surface area contributed by atoms with Gasteiger partial charge in [-0.25, -0.2) is 13.2 Å². The maximum absolute atomic E-state index is 12.8. The van der Waals surface area contributed by atoms with E-state index in [9.17, 15) is 18.3 Å². The number of carboxylic acids is 1. The normalized spacial score (nSPS) is 11.8. The zero-order chi connectivity index (χ0) is 24.8. The van der Waals surface area contributed by atoms with Gasteiger partial charge in [0.05, 0.1) is 45.4 Å². The Labute approximate surface area is 193 Å². The summed E-state index contributed by atoms with van der Waals surface area (Å²) in [4.78, 5) is 11.5. The zero-order valence-electron chi connectivity index (χ0n) is 19.5. The Balaban J connectivity index is 2.36. The number of nitrogens with one attached hydrogen (secondary N) is 1. The maximum Gasteiger partial charge on any atom is 0.328 e. The van der Waals surface area contributed by atoms with Gasteiger partial charge in [0.15, 0.2) is 9.84 Å². The molecule has 33 heavy (non-hydrogen) atoms. The van der Waals surface area contributed by atoms with Gasteiger partial charge in [-0.2, -0.15) is 0 Å². The molecule has 0 atom stereocenters. The van der Waals surface area contributed by atoms with Crippen LogP contribution in [0, 0.1) is 0 Å². The minimum atomic E-state index is -3.70. The Bertz CT molecular complexity index is 1110. The van der Waals surface area contributed by atoms with Crippen LogP contribution in [0.4, 0.5) is 5.69 Å². The Morgan fingerprint density at radius 1 is 0.970 bits per heavy atom. The topological polar surface area (TPSA) is 120 Å². The summed E-state index contributed by atoms with van der Waals surface area (Å²) in [5.74, 6) is 0.318. The fourth-order valence-electron chi connectivity index (χ4n) is 2.98. The van der Waals surface area contributed by atoms with Gasteiger partial charge in [-0.15, -0.1) is 0 Å². The third-order valence-corrected chi connectivity index (χ3v) is 6.10. The molecule has 0 aromatic heterocycles. The van der Waals surface area contributed by atoms with Crippen LogP contribution in [-0.4, -0.2) is 53.5 Å². The van der Waals surface area contributed by atoms with E-state index in [0.717, 1.165) is 5.41 Å². The van der Waals surface area contributed by atoms with E-state index >= 15 is 0 Å². The molecule has 0 aliphatic rings. The first kappa shape index (κ1) is 25.9. The number of rotatable bonds is 11. The van der Waals surface area contributed by atoms with Gasteiger partial charge in [0.25, 0.3) is 0 Å². The molecular formula is C23H29NO8S. The van der Waals surface area contributed by atoms with Gasteiger partial charge >= 0.3 is 5.97 Å². The molecule has 0 bridgehead atoms. The van der Waals surface area contributed by atoms with E-state index in [1.54, 1.807) is 30.3 Å². The van der Waals surface area contributed by atoms with Crippen molar-refractivity contribution in [3.63, 3.8) is 0 Å². The van der Waals surface area contributed by atoms with Gasteiger partial charge < -0.3 is 29.4 Å². The molecule has 0 unspecified atom stereocenters. The third-order valence-electron chi connectivity index (χ3n) is 4.81. The van der Waals surface area contributed by atoms with Crippen LogP contribution in [0.5, 0.6) is 23.0 Å². The van der Waals surface area contributed by atoms with Crippen LogP contribution < -0.4 is 24.3 Å². The summed E-state index contributed by atoms with van der Waals surface area (Å²) < 4.78 is 46.8. The molecule has 2 aromatic rings. The fraction of sp³-hybridized carbons (Fsp3) is 0.348. The molecule has 2 aromatic carbocycles. The van der Waals surface area contributed by atoms with E-state index in [2.05, 4.69) is 5.32 Å². The molecule has 180 valence electrons. The van der Waals surface area contributed by atoms with Crippen molar-refractivity contribution in [3.8, 4) is 23.0 Å². The fourth-order valence-corrected chi connectivity index (χ4v) is 4.07. The van der Waals surface area contributed by atoms with Crippen LogP contribution in [0.15, 0.2) is 35.7 Å². The number of methoxy groups -OCH3 is 4. The molecule has 0 heterocycles. The van der Waals surface area contributed by atoms with E-state index in [0.29, 0.717) is 39.8 Å². The molecule has 0 saturated carbocycles. The average Bonchev–Trinajstić information content (AvgIpc) is 2.76. The zero-order valence-corrected chi connectivity index (χ0v) is 20.3. The largest absolute Gasteiger partial charge is 0.496 e. The standard InChI is InChI=1S/C23H29NO8S/c1-23(2,22(25)26)24-18-11-15(7-8-19(18)30-4)14-33(27,28)10-9-17-20(31-5)12-16(29-3)13-21(17)32-6/h7-13,24H,14H2,1-6H3,(H,25,26). The number of aliphatic carboxylic acids is 1. The highest BCUT2D eigenvalue weighted by molar-refractivity contribution is 7.93. The van der Waals surface area contributed by atoms with E-state index in [1.807, 2.05) is 0 Å². The lowest BCUT2D eigenvalue weighted by Crippen LogP contribution is -2.40. The number of hydrogen-bond donors (Lipinski definition) is 2. The van der Waals surface area contributed by atoms with Crippen molar-refractivity contribution in [3.05, 3.63) is 46.9 Å². The summed E-state index contributed by atoms with van der Waals surface area (Å²) in [6.07, 6.45) is 1.41. The highest BCUT2D eigenvalue weighted by Crippen LogP contribution is 2.35. The highest BCUT2D eigenvalue weighted by atomic mass is 32.2. The number of carboxylic acid groups (broad SMARTS) is 1. The third kappa shape index (κ3) is 6.55. The van der Waals surface area contributed by atoms with Crippen molar-refractivity contribution in [1.29, 1.82) is 0 Å². The first-order chi connectivity index (χ1) is 15.5. The molecule has 0 amide bonds. The van der Waals surface area contributed by atoms with Crippen LogP contribution in [0.3, 0.4) is 0 Å². The predicted octanol–water partition coefficient (Wildman–Crippen LogP) is 3.58. The Kier molecular flexibility index (Phi) is 8.21. The summed E-state index contributed by atoms with van der Waals surface area (Å²) in [5.41, 5.74) is -0.00543.